The second-order valence-corrected chi connectivity index (χ2v) is 6.12. The van der Waals surface area contributed by atoms with Crippen molar-refractivity contribution in [2.75, 3.05) is 6.54 Å². The molecule has 1 amide bonds. The highest BCUT2D eigenvalue weighted by molar-refractivity contribution is 5.95. The van der Waals surface area contributed by atoms with Crippen molar-refractivity contribution < 1.29 is 4.79 Å². The molecule has 106 valence electrons. The van der Waals surface area contributed by atoms with Gasteiger partial charge in [-0.25, -0.2) is 0 Å². The lowest BCUT2D eigenvalue weighted by atomic mass is 9.90. The molecule has 0 radical (unpaired) electrons. The Morgan fingerprint density at radius 1 is 1.32 bits per heavy atom. The molecule has 0 saturated heterocycles. The smallest absolute Gasteiger partial charge is 0.251 e. The molecular weight excluding hydrogens is 236 g/mol. The van der Waals surface area contributed by atoms with Gasteiger partial charge in [0.2, 0.25) is 0 Å². The van der Waals surface area contributed by atoms with Crippen molar-refractivity contribution in [3.8, 4) is 0 Å². The first-order valence-electron chi connectivity index (χ1n) is 6.87. The van der Waals surface area contributed by atoms with Gasteiger partial charge in [-0.15, -0.1) is 0 Å². The lowest BCUT2D eigenvalue weighted by Gasteiger charge is -2.31. The van der Waals surface area contributed by atoms with Crippen LogP contribution in [0, 0.1) is 19.8 Å². The van der Waals surface area contributed by atoms with Crippen molar-refractivity contribution in [3.63, 3.8) is 0 Å². The maximum atomic E-state index is 12.3. The van der Waals surface area contributed by atoms with Crippen LogP contribution in [-0.4, -0.2) is 18.0 Å². The Balaban J connectivity index is 2.85. The van der Waals surface area contributed by atoms with E-state index < -0.39 is 0 Å². The third-order valence-electron chi connectivity index (χ3n) is 3.49. The van der Waals surface area contributed by atoms with Crippen LogP contribution in [0.4, 0.5) is 0 Å². The number of hydrogen-bond acceptors (Lipinski definition) is 2. The molecule has 3 heteroatoms. The first kappa shape index (κ1) is 15.7. The minimum absolute atomic E-state index is 0.0447. The summed E-state index contributed by atoms with van der Waals surface area (Å²) < 4.78 is 0. The fourth-order valence-electron chi connectivity index (χ4n) is 2.32. The molecule has 0 spiro atoms. The first-order valence-corrected chi connectivity index (χ1v) is 6.87. The second-order valence-electron chi connectivity index (χ2n) is 6.12. The first-order chi connectivity index (χ1) is 8.77. The van der Waals surface area contributed by atoms with Crippen LogP contribution < -0.4 is 11.1 Å². The number of benzene rings is 1. The summed E-state index contributed by atoms with van der Waals surface area (Å²) in [5, 5.41) is 3.07. The second kappa shape index (κ2) is 6.20. The van der Waals surface area contributed by atoms with E-state index in [9.17, 15) is 4.79 Å². The average molecular weight is 262 g/mol. The summed E-state index contributed by atoms with van der Waals surface area (Å²) in [6.07, 6.45) is 0.875. The van der Waals surface area contributed by atoms with Gasteiger partial charge >= 0.3 is 0 Å². The van der Waals surface area contributed by atoms with Gasteiger partial charge in [-0.2, -0.15) is 0 Å². The molecule has 0 aromatic heterocycles. The molecule has 0 aliphatic heterocycles. The summed E-state index contributed by atoms with van der Waals surface area (Å²) in [5.74, 6) is 0.449. The summed E-state index contributed by atoms with van der Waals surface area (Å²) in [4.78, 5) is 12.3. The molecular formula is C16H26N2O. The highest BCUT2D eigenvalue weighted by atomic mass is 16.1. The molecule has 0 fully saturated rings. The largest absolute Gasteiger partial charge is 0.346 e. The van der Waals surface area contributed by atoms with E-state index in [0.717, 1.165) is 12.0 Å². The molecule has 1 aromatic carbocycles. The number of nitrogens with one attached hydrogen (secondary N) is 1. The average Bonchev–Trinajstić information content (AvgIpc) is 2.31. The van der Waals surface area contributed by atoms with E-state index in [1.165, 1.54) is 5.56 Å². The van der Waals surface area contributed by atoms with Gasteiger partial charge in [0.1, 0.15) is 0 Å². The summed E-state index contributed by atoms with van der Waals surface area (Å²) >= 11 is 0. The van der Waals surface area contributed by atoms with E-state index in [2.05, 4.69) is 19.2 Å². The zero-order valence-electron chi connectivity index (χ0n) is 12.7. The van der Waals surface area contributed by atoms with Gasteiger partial charge < -0.3 is 11.1 Å². The van der Waals surface area contributed by atoms with Gasteiger partial charge in [0.15, 0.2) is 0 Å². The van der Waals surface area contributed by atoms with Gasteiger partial charge in [0.25, 0.3) is 5.91 Å². The van der Waals surface area contributed by atoms with Crippen molar-refractivity contribution in [3.05, 3.63) is 34.9 Å². The van der Waals surface area contributed by atoms with E-state index in [-0.39, 0.29) is 11.4 Å². The summed E-state index contributed by atoms with van der Waals surface area (Å²) in [5.41, 5.74) is 8.50. The summed E-state index contributed by atoms with van der Waals surface area (Å²) in [7, 11) is 0. The van der Waals surface area contributed by atoms with Crippen LogP contribution in [0.25, 0.3) is 0 Å². The lowest BCUT2D eigenvalue weighted by Crippen LogP contribution is -2.52. The molecule has 3 N–H and O–H groups in total. The number of carbonyl (C=O) groups is 1. The van der Waals surface area contributed by atoms with Gasteiger partial charge in [-0.3, -0.25) is 4.79 Å². The minimum atomic E-state index is -0.343. The van der Waals surface area contributed by atoms with Crippen LogP contribution in [0.5, 0.6) is 0 Å². The normalized spacial score (nSPS) is 14.3. The van der Waals surface area contributed by atoms with E-state index >= 15 is 0 Å². The Morgan fingerprint density at radius 3 is 2.42 bits per heavy atom. The molecule has 1 rings (SSSR count). The van der Waals surface area contributed by atoms with Crippen molar-refractivity contribution in [2.24, 2.45) is 11.7 Å². The molecule has 0 heterocycles. The predicted molar refractivity (Wildman–Crippen MR) is 80.3 cm³/mol. The van der Waals surface area contributed by atoms with Crippen LogP contribution in [0.15, 0.2) is 18.2 Å². The van der Waals surface area contributed by atoms with Crippen LogP contribution in [-0.2, 0) is 0 Å². The molecule has 0 saturated carbocycles. The maximum Gasteiger partial charge on any atom is 0.251 e. The van der Waals surface area contributed by atoms with Crippen molar-refractivity contribution >= 4 is 5.91 Å². The fourth-order valence-corrected chi connectivity index (χ4v) is 2.32. The molecule has 0 bridgehead atoms. The Morgan fingerprint density at radius 2 is 1.95 bits per heavy atom. The SMILES string of the molecule is Cc1ccc(C(=O)NC(C)(CN)CC(C)C)cc1C. The zero-order chi connectivity index (χ0) is 14.6. The minimum Gasteiger partial charge on any atom is -0.346 e. The van der Waals surface area contributed by atoms with Gasteiger partial charge in [0, 0.05) is 17.6 Å². The Bertz CT molecular complexity index is 454. The van der Waals surface area contributed by atoms with Crippen LogP contribution in [0.3, 0.4) is 0 Å². The highest BCUT2D eigenvalue weighted by Crippen LogP contribution is 2.17. The standard InChI is InChI=1S/C16H26N2O/c1-11(2)9-16(5,10-17)18-15(19)14-7-6-12(3)13(4)8-14/h6-8,11H,9-10,17H2,1-5H3,(H,18,19). The number of amides is 1. The van der Waals surface area contributed by atoms with E-state index in [0.29, 0.717) is 18.0 Å². The summed E-state index contributed by atoms with van der Waals surface area (Å²) in [6, 6.07) is 5.77. The maximum absolute atomic E-state index is 12.3. The summed E-state index contributed by atoms with van der Waals surface area (Å²) in [6.45, 7) is 10.8. The van der Waals surface area contributed by atoms with Gasteiger partial charge in [-0.05, 0) is 56.4 Å². The van der Waals surface area contributed by atoms with E-state index in [1.807, 2.05) is 39.0 Å². The number of nitrogens with two attached hydrogens (primary N) is 1. The van der Waals surface area contributed by atoms with Crippen molar-refractivity contribution in [1.82, 2.24) is 5.32 Å². The van der Waals surface area contributed by atoms with E-state index in [1.54, 1.807) is 0 Å². The van der Waals surface area contributed by atoms with Crippen LogP contribution >= 0.6 is 0 Å². The van der Waals surface area contributed by atoms with E-state index in [4.69, 9.17) is 5.73 Å². The van der Waals surface area contributed by atoms with Crippen LogP contribution in [0.2, 0.25) is 0 Å². The van der Waals surface area contributed by atoms with Crippen LogP contribution in [0.1, 0.15) is 48.7 Å². The lowest BCUT2D eigenvalue weighted by molar-refractivity contribution is 0.0898. The quantitative estimate of drug-likeness (QED) is 0.857. The number of hydrogen-bond donors (Lipinski definition) is 2. The predicted octanol–water partition coefficient (Wildman–Crippen LogP) is 2.80. The third kappa shape index (κ3) is 4.35. The Labute approximate surface area is 116 Å². The fraction of sp³-hybridized carbons (Fsp3) is 0.562. The Kier molecular flexibility index (Phi) is 5.12. The number of rotatable bonds is 5. The number of carbonyl (C=O) groups excluding carboxylic acids is 1. The molecule has 1 atom stereocenters. The van der Waals surface area contributed by atoms with Gasteiger partial charge in [0.05, 0.1) is 0 Å². The number of aryl methyl sites for hydroxylation is 2. The monoisotopic (exact) mass is 262 g/mol. The van der Waals surface area contributed by atoms with Crippen molar-refractivity contribution in [1.29, 1.82) is 0 Å². The molecule has 3 nitrogen and oxygen atoms in total. The van der Waals surface area contributed by atoms with Crippen molar-refractivity contribution in [2.45, 2.75) is 46.6 Å². The third-order valence-corrected chi connectivity index (χ3v) is 3.49. The molecule has 19 heavy (non-hydrogen) atoms. The zero-order valence-corrected chi connectivity index (χ0v) is 12.7. The molecule has 0 aliphatic carbocycles. The molecule has 0 aliphatic rings. The van der Waals surface area contributed by atoms with Gasteiger partial charge in [-0.1, -0.05) is 19.9 Å². The topological polar surface area (TPSA) is 55.1 Å². The Hall–Kier alpha value is -1.35. The highest BCUT2D eigenvalue weighted by Gasteiger charge is 2.26. The molecule has 1 aromatic rings. The molecule has 1 unspecified atom stereocenters.